The van der Waals surface area contributed by atoms with Crippen molar-refractivity contribution in [1.29, 1.82) is 0 Å². The van der Waals surface area contributed by atoms with Gasteiger partial charge in [-0.05, 0) is 23.7 Å². The Kier molecular flexibility index (Phi) is 6.56. The molecule has 3 aromatic rings. The molecule has 1 aromatic carbocycles. The fraction of sp³-hybridized carbons (Fsp3) is 0.522. The monoisotopic (exact) mass is 471 g/mol. The van der Waals surface area contributed by atoms with E-state index >= 15 is 0 Å². The summed E-state index contributed by atoms with van der Waals surface area (Å²) in [6.45, 7) is 11.6. The first-order chi connectivity index (χ1) is 15.6. The average molecular weight is 472 g/mol. The molecule has 33 heavy (non-hydrogen) atoms. The molecule has 3 heterocycles. The Labute approximate surface area is 194 Å². The molecule has 0 bridgehead atoms. The van der Waals surface area contributed by atoms with Crippen LogP contribution >= 0.6 is 0 Å². The van der Waals surface area contributed by atoms with Crippen molar-refractivity contribution < 1.29 is 19.4 Å². The molecule has 0 saturated carbocycles. The van der Waals surface area contributed by atoms with Crippen molar-refractivity contribution in [2.45, 2.75) is 70.0 Å². The maximum Gasteiger partial charge on any atom is 0.192 e. The van der Waals surface area contributed by atoms with E-state index in [1.165, 1.54) is 6.33 Å². The molecule has 178 valence electrons. The minimum atomic E-state index is -2.02. The SMILES string of the molecule is CC(C)(C)[Si](C)(C)OC[C@H]1O[C@@H](n2cnc3c(NCc4ccccc4)ncnc32)[C@H](O)[C@@H]1O. The third kappa shape index (κ3) is 4.80. The Morgan fingerprint density at radius 2 is 1.82 bits per heavy atom. The summed E-state index contributed by atoms with van der Waals surface area (Å²) in [7, 11) is -2.02. The first-order valence-electron chi connectivity index (χ1n) is 11.2. The Bertz CT molecular complexity index is 1090. The zero-order valence-electron chi connectivity index (χ0n) is 19.8. The van der Waals surface area contributed by atoms with Crippen LogP contribution in [0.4, 0.5) is 5.82 Å². The Hall–Kier alpha value is -2.37. The number of imidazole rings is 1. The largest absolute Gasteiger partial charge is 0.414 e. The maximum absolute atomic E-state index is 10.7. The van der Waals surface area contributed by atoms with Crippen molar-refractivity contribution in [2.75, 3.05) is 11.9 Å². The van der Waals surface area contributed by atoms with E-state index in [1.54, 1.807) is 10.9 Å². The first-order valence-corrected chi connectivity index (χ1v) is 14.1. The summed E-state index contributed by atoms with van der Waals surface area (Å²) in [4.78, 5) is 13.1. The third-order valence-corrected chi connectivity index (χ3v) is 11.2. The minimum Gasteiger partial charge on any atom is -0.414 e. The van der Waals surface area contributed by atoms with Gasteiger partial charge < -0.3 is 24.7 Å². The van der Waals surface area contributed by atoms with Gasteiger partial charge in [0.1, 0.15) is 24.6 Å². The van der Waals surface area contributed by atoms with Crippen molar-refractivity contribution >= 4 is 25.3 Å². The molecule has 0 radical (unpaired) electrons. The van der Waals surface area contributed by atoms with Gasteiger partial charge in [0, 0.05) is 6.54 Å². The standard InChI is InChI=1S/C23H33N5O4Si/c1-23(2,3)33(4,5)31-12-16-18(29)19(30)22(32-16)28-14-27-17-20(25-13-26-21(17)28)24-11-15-9-7-6-8-10-15/h6-10,13-14,16,18-19,22,29-30H,11-12H2,1-5H3,(H,24,25,26)/t16-,18-,19-,22-/m1/s1. The number of aliphatic hydroxyl groups is 2. The van der Waals surface area contributed by atoms with Gasteiger partial charge in [-0.3, -0.25) is 4.57 Å². The zero-order valence-corrected chi connectivity index (χ0v) is 20.8. The quantitative estimate of drug-likeness (QED) is 0.451. The van der Waals surface area contributed by atoms with Gasteiger partial charge in [-0.15, -0.1) is 0 Å². The van der Waals surface area contributed by atoms with E-state index in [-0.39, 0.29) is 11.6 Å². The summed E-state index contributed by atoms with van der Waals surface area (Å²) >= 11 is 0. The maximum atomic E-state index is 10.7. The summed E-state index contributed by atoms with van der Waals surface area (Å²) in [5.74, 6) is 0.591. The number of aliphatic hydroxyl groups excluding tert-OH is 2. The predicted molar refractivity (Wildman–Crippen MR) is 128 cm³/mol. The number of ether oxygens (including phenoxy) is 1. The fourth-order valence-electron chi connectivity index (χ4n) is 3.55. The lowest BCUT2D eigenvalue weighted by molar-refractivity contribution is -0.0491. The summed E-state index contributed by atoms with van der Waals surface area (Å²) in [6, 6.07) is 9.99. The van der Waals surface area contributed by atoms with Crippen molar-refractivity contribution in [3.05, 3.63) is 48.5 Å². The molecule has 0 unspecified atom stereocenters. The van der Waals surface area contributed by atoms with Crippen LogP contribution in [0, 0.1) is 0 Å². The summed E-state index contributed by atoms with van der Waals surface area (Å²) < 4.78 is 13.9. The number of aromatic nitrogens is 4. The molecule has 2 aromatic heterocycles. The Balaban J connectivity index is 1.50. The van der Waals surface area contributed by atoms with Crippen molar-refractivity contribution in [3.63, 3.8) is 0 Å². The molecule has 4 rings (SSSR count). The highest BCUT2D eigenvalue weighted by molar-refractivity contribution is 6.74. The molecular formula is C23H33N5O4Si. The number of hydrogen-bond donors (Lipinski definition) is 3. The van der Waals surface area contributed by atoms with Gasteiger partial charge in [-0.2, -0.15) is 0 Å². The number of rotatable bonds is 7. The number of fused-ring (bicyclic) bond motifs is 1. The summed E-state index contributed by atoms with van der Waals surface area (Å²) in [6.07, 6.45) is -0.668. The van der Waals surface area contributed by atoms with Crippen molar-refractivity contribution in [3.8, 4) is 0 Å². The summed E-state index contributed by atoms with van der Waals surface area (Å²) in [5.41, 5.74) is 2.20. The van der Waals surface area contributed by atoms with Crippen LogP contribution in [-0.2, 0) is 15.7 Å². The first kappa shape index (κ1) is 23.8. The normalized spacial score (nSPS) is 23.8. The highest BCUT2D eigenvalue weighted by Crippen LogP contribution is 2.38. The second-order valence-corrected chi connectivity index (χ2v) is 14.8. The molecule has 1 aliphatic rings. The zero-order chi connectivity index (χ0) is 23.8. The van der Waals surface area contributed by atoms with Crippen molar-refractivity contribution in [1.82, 2.24) is 19.5 Å². The lowest BCUT2D eigenvalue weighted by Crippen LogP contribution is -2.44. The van der Waals surface area contributed by atoms with Crippen LogP contribution < -0.4 is 5.32 Å². The van der Waals surface area contributed by atoms with Gasteiger partial charge in [0.15, 0.2) is 31.5 Å². The molecule has 0 spiro atoms. The molecule has 10 heteroatoms. The number of nitrogens with zero attached hydrogens (tertiary/aromatic N) is 4. The number of benzene rings is 1. The topological polar surface area (TPSA) is 115 Å². The lowest BCUT2D eigenvalue weighted by Gasteiger charge is -2.37. The molecule has 3 N–H and O–H groups in total. The molecule has 1 fully saturated rings. The van der Waals surface area contributed by atoms with Crippen LogP contribution in [0.15, 0.2) is 43.0 Å². The highest BCUT2D eigenvalue weighted by Gasteiger charge is 2.46. The second-order valence-electron chi connectivity index (χ2n) is 10.0. The Morgan fingerprint density at radius 3 is 2.52 bits per heavy atom. The van der Waals surface area contributed by atoms with Crippen LogP contribution in [0.5, 0.6) is 0 Å². The molecule has 1 saturated heterocycles. The van der Waals surface area contributed by atoms with Crippen LogP contribution in [0.25, 0.3) is 11.2 Å². The van der Waals surface area contributed by atoms with E-state index in [9.17, 15) is 10.2 Å². The van der Waals surface area contributed by atoms with Gasteiger partial charge in [-0.1, -0.05) is 51.1 Å². The lowest BCUT2D eigenvalue weighted by atomic mass is 10.1. The van der Waals surface area contributed by atoms with E-state index in [1.807, 2.05) is 30.3 Å². The van der Waals surface area contributed by atoms with E-state index in [0.29, 0.717) is 23.5 Å². The number of nitrogens with one attached hydrogen (secondary N) is 1. The van der Waals surface area contributed by atoms with Gasteiger partial charge in [0.25, 0.3) is 0 Å². The predicted octanol–water partition coefficient (Wildman–Crippen LogP) is 3.08. The number of hydrogen-bond acceptors (Lipinski definition) is 8. The highest BCUT2D eigenvalue weighted by atomic mass is 28.4. The van der Waals surface area contributed by atoms with Crippen LogP contribution in [0.1, 0.15) is 32.6 Å². The molecule has 0 aliphatic carbocycles. The van der Waals surface area contributed by atoms with Gasteiger partial charge >= 0.3 is 0 Å². The third-order valence-electron chi connectivity index (χ3n) is 6.69. The van der Waals surface area contributed by atoms with Gasteiger partial charge in [0.2, 0.25) is 0 Å². The van der Waals surface area contributed by atoms with E-state index in [2.05, 4.69) is 54.1 Å². The van der Waals surface area contributed by atoms with E-state index < -0.39 is 32.9 Å². The minimum absolute atomic E-state index is 0.0369. The number of anilines is 1. The van der Waals surface area contributed by atoms with Gasteiger partial charge in [-0.25, -0.2) is 15.0 Å². The Morgan fingerprint density at radius 1 is 1.09 bits per heavy atom. The molecule has 1 aliphatic heterocycles. The summed E-state index contributed by atoms with van der Waals surface area (Å²) in [5, 5.41) is 24.7. The smallest absolute Gasteiger partial charge is 0.192 e. The molecule has 9 nitrogen and oxygen atoms in total. The van der Waals surface area contributed by atoms with Gasteiger partial charge in [0.05, 0.1) is 12.9 Å². The second kappa shape index (κ2) is 9.11. The van der Waals surface area contributed by atoms with E-state index in [4.69, 9.17) is 9.16 Å². The molecule has 4 atom stereocenters. The molecule has 0 amide bonds. The fourth-order valence-corrected chi connectivity index (χ4v) is 4.57. The average Bonchev–Trinajstić information content (AvgIpc) is 3.32. The van der Waals surface area contributed by atoms with Crippen LogP contribution in [0.2, 0.25) is 18.1 Å². The van der Waals surface area contributed by atoms with Crippen LogP contribution in [-0.4, -0.2) is 63.0 Å². The molecular weight excluding hydrogens is 438 g/mol. The van der Waals surface area contributed by atoms with E-state index in [0.717, 1.165) is 5.56 Å². The van der Waals surface area contributed by atoms with Crippen LogP contribution in [0.3, 0.4) is 0 Å². The van der Waals surface area contributed by atoms with Crippen molar-refractivity contribution in [2.24, 2.45) is 0 Å².